The molecule has 2 unspecified atom stereocenters. The molecule has 25 heavy (non-hydrogen) atoms. The predicted octanol–water partition coefficient (Wildman–Crippen LogP) is 2.72. The number of pyridine rings is 1. The Balaban J connectivity index is 2.87. The molecule has 1 heterocycles. The fourth-order valence-corrected chi connectivity index (χ4v) is 2.09. The monoisotopic (exact) mass is 345 g/mol. The van der Waals surface area contributed by atoms with E-state index in [9.17, 15) is 9.90 Å². The van der Waals surface area contributed by atoms with E-state index in [0.29, 0.717) is 11.3 Å². The standard InChI is InChI=1S/C19H27N3O3/c1-6-8-13(7-2)15-10-9-14(12-21-15)17(23)16(11-20)22-18(24)25-19(3,4)5/h6-10,12,16-17,23H,1-2,11,20H2,3-5H3,(H,22,24)/b13-8+. The number of aromatic nitrogens is 1. The van der Waals surface area contributed by atoms with Crippen LogP contribution >= 0.6 is 0 Å². The van der Waals surface area contributed by atoms with E-state index in [4.69, 9.17) is 10.5 Å². The van der Waals surface area contributed by atoms with Crippen molar-refractivity contribution < 1.29 is 14.6 Å². The quantitative estimate of drug-likeness (QED) is 0.660. The second-order valence-electron chi connectivity index (χ2n) is 6.47. The fraction of sp³-hybridized carbons (Fsp3) is 0.368. The lowest BCUT2D eigenvalue weighted by atomic mass is 10.0. The Morgan fingerprint density at radius 3 is 2.56 bits per heavy atom. The van der Waals surface area contributed by atoms with Gasteiger partial charge in [0, 0.05) is 18.3 Å². The number of nitrogens with two attached hydrogens (primary N) is 1. The van der Waals surface area contributed by atoms with Crippen LogP contribution in [0.2, 0.25) is 0 Å². The highest BCUT2D eigenvalue weighted by Crippen LogP contribution is 2.19. The van der Waals surface area contributed by atoms with Gasteiger partial charge in [0.05, 0.1) is 11.7 Å². The first kappa shape index (κ1) is 20.6. The van der Waals surface area contributed by atoms with E-state index in [1.807, 2.05) is 0 Å². The highest BCUT2D eigenvalue weighted by molar-refractivity contribution is 5.72. The maximum absolute atomic E-state index is 11.9. The van der Waals surface area contributed by atoms with Crippen LogP contribution in [0, 0.1) is 0 Å². The van der Waals surface area contributed by atoms with Crippen LogP contribution in [0.5, 0.6) is 0 Å². The third kappa shape index (κ3) is 6.52. The van der Waals surface area contributed by atoms with E-state index < -0.39 is 23.8 Å². The van der Waals surface area contributed by atoms with Crippen molar-refractivity contribution in [3.8, 4) is 0 Å². The number of aliphatic hydroxyl groups is 1. The topological polar surface area (TPSA) is 97.5 Å². The Kier molecular flexibility index (Phi) is 7.54. The molecule has 0 spiro atoms. The van der Waals surface area contributed by atoms with E-state index in [-0.39, 0.29) is 6.54 Å². The number of nitrogens with zero attached hydrogens (tertiary/aromatic N) is 1. The number of ether oxygens (including phenoxy) is 1. The van der Waals surface area contributed by atoms with Crippen molar-refractivity contribution in [1.29, 1.82) is 0 Å². The highest BCUT2D eigenvalue weighted by atomic mass is 16.6. The second-order valence-corrected chi connectivity index (χ2v) is 6.47. The number of hydrogen-bond donors (Lipinski definition) is 3. The number of nitrogens with one attached hydrogen (secondary N) is 1. The summed E-state index contributed by atoms with van der Waals surface area (Å²) < 4.78 is 5.19. The summed E-state index contributed by atoms with van der Waals surface area (Å²) in [4.78, 5) is 16.2. The minimum absolute atomic E-state index is 0.0520. The summed E-state index contributed by atoms with van der Waals surface area (Å²) >= 11 is 0. The van der Waals surface area contributed by atoms with Crippen molar-refractivity contribution in [1.82, 2.24) is 10.3 Å². The zero-order chi connectivity index (χ0) is 19.0. The van der Waals surface area contributed by atoms with Gasteiger partial charge in [-0.05, 0) is 32.4 Å². The van der Waals surface area contributed by atoms with Gasteiger partial charge in [-0.2, -0.15) is 0 Å². The van der Waals surface area contributed by atoms with Crippen LogP contribution < -0.4 is 11.1 Å². The number of rotatable bonds is 7. The summed E-state index contributed by atoms with van der Waals surface area (Å²) in [6.07, 6.45) is 5.02. The van der Waals surface area contributed by atoms with Crippen LogP contribution in [-0.2, 0) is 4.74 Å². The number of amides is 1. The summed E-state index contributed by atoms with van der Waals surface area (Å²) in [6, 6.07) is 2.80. The molecule has 136 valence electrons. The molecule has 0 radical (unpaired) electrons. The number of carbonyl (C=O) groups excluding carboxylic acids is 1. The van der Waals surface area contributed by atoms with Gasteiger partial charge in [0.2, 0.25) is 0 Å². The van der Waals surface area contributed by atoms with Gasteiger partial charge in [0.25, 0.3) is 0 Å². The van der Waals surface area contributed by atoms with Gasteiger partial charge in [0.15, 0.2) is 0 Å². The van der Waals surface area contributed by atoms with Crippen molar-refractivity contribution >= 4 is 11.7 Å². The smallest absolute Gasteiger partial charge is 0.408 e. The summed E-state index contributed by atoms with van der Waals surface area (Å²) in [5, 5.41) is 13.1. The third-order valence-corrected chi connectivity index (χ3v) is 3.28. The van der Waals surface area contributed by atoms with Crippen molar-refractivity contribution in [2.45, 2.75) is 38.5 Å². The van der Waals surface area contributed by atoms with Crippen molar-refractivity contribution in [2.24, 2.45) is 5.73 Å². The number of alkyl carbamates (subject to hydrolysis) is 1. The first-order chi connectivity index (χ1) is 11.7. The number of aliphatic hydroxyl groups excluding tert-OH is 1. The van der Waals surface area contributed by atoms with E-state index in [1.54, 1.807) is 57.3 Å². The van der Waals surface area contributed by atoms with E-state index >= 15 is 0 Å². The average molecular weight is 345 g/mol. The van der Waals surface area contributed by atoms with Crippen molar-refractivity contribution in [3.63, 3.8) is 0 Å². The zero-order valence-corrected chi connectivity index (χ0v) is 15.0. The Labute approximate surface area is 149 Å². The molecule has 1 amide bonds. The SMILES string of the molecule is C=C/C=C(\C=C)c1ccc(C(O)C(CN)NC(=O)OC(C)(C)C)cn1. The van der Waals surface area contributed by atoms with Crippen LogP contribution in [0.1, 0.15) is 38.1 Å². The van der Waals surface area contributed by atoms with Gasteiger partial charge in [-0.15, -0.1) is 0 Å². The summed E-state index contributed by atoms with van der Waals surface area (Å²) in [6.45, 7) is 12.7. The van der Waals surface area contributed by atoms with Crippen LogP contribution in [0.15, 0.2) is 49.7 Å². The van der Waals surface area contributed by atoms with Crippen molar-refractivity contribution in [3.05, 3.63) is 61.0 Å². The van der Waals surface area contributed by atoms with Crippen LogP contribution in [0.4, 0.5) is 4.79 Å². The minimum atomic E-state index is -1.00. The van der Waals surface area contributed by atoms with Gasteiger partial charge in [-0.25, -0.2) is 4.79 Å². The molecule has 6 nitrogen and oxygen atoms in total. The number of hydrogen-bond acceptors (Lipinski definition) is 5. The highest BCUT2D eigenvalue weighted by Gasteiger charge is 2.25. The number of allylic oxidation sites excluding steroid dienone is 4. The molecule has 0 fully saturated rings. The van der Waals surface area contributed by atoms with E-state index in [2.05, 4.69) is 23.5 Å². The molecule has 0 aliphatic heterocycles. The first-order valence-corrected chi connectivity index (χ1v) is 8.01. The molecule has 0 saturated heterocycles. The lowest BCUT2D eigenvalue weighted by molar-refractivity contribution is 0.0427. The summed E-state index contributed by atoms with van der Waals surface area (Å²) in [7, 11) is 0. The molecular weight excluding hydrogens is 318 g/mol. The molecule has 4 N–H and O–H groups in total. The van der Waals surface area contributed by atoms with Crippen molar-refractivity contribution in [2.75, 3.05) is 6.54 Å². The Hall–Kier alpha value is -2.44. The maximum Gasteiger partial charge on any atom is 0.408 e. The molecule has 6 heteroatoms. The normalized spacial score (nSPS) is 14.4. The van der Waals surface area contributed by atoms with Gasteiger partial charge < -0.3 is 20.9 Å². The Morgan fingerprint density at radius 2 is 2.12 bits per heavy atom. The van der Waals surface area contributed by atoms with Gasteiger partial charge in [-0.3, -0.25) is 4.98 Å². The molecule has 0 saturated carbocycles. The van der Waals surface area contributed by atoms with Crippen LogP contribution in [0.25, 0.3) is 5.57 Å². The molecule has 1 aromatic heterocycles. The molecule has 2 atom stereocenters. The van der Waals surface area contributed by atoms with Crippen LogP contribution in [0.3, 0.4) is 0 Å². The van der Waals surface area contributed by atoms with Gasteiger partial charge in [-0.1, -0.05) is 37.5 Å². The summed E-state index contributed by atoms with van der Waals surface area (Å²) in [5.41, 5.74) is 7.11. The third-order valence-electron chi connectivity index (χ3n) is 3.28. The van der Waals surface area contributed by atoms with E-state index in [0.717, 1.165) is 5.57 Å². The zero-order valence-electron chi connectivity index (χ0n) is 15.0. The molecule has 0 aliphatic carbocycles. The molecule has 0 aliphatic rings. The molecule has 1 aromatic rings. The first-order valence-electron chi connectivity index (χ1n) is 8.01. The Bertz CT molecular complexity index is 630. The molecule has 0 aromatic carbocycles. The summed E-state index contributed by atoms with van der Waals surface area (Å²) in [5.74, 6) is 0. The Morgan fingerprint density at radius 1 is 1.44 bits per heavy atom. The molecule has 0 bridgehead atoms. The largest absolute Gasteiger partial charge is 0.444 e. The van der Waals surface area contributed by atoms with Crippen LogP contribution in [-0.4, -0.2) is 34.4 Å². The average Bonchev–Trinajstić information content (AvgIpc) is 2.55. The maximum atomic E-state index is 11.9. The second kappa shape index (κ2) is 9.15. The number of carbonyl (C=O) groups is 1. The predicted molar refractivity (Wildman–Crippen MR) is 99.8 cm³/mol. The lowest BCUT2D eigenvalue weighted by Gasteiger charge is -2.26. The van der Waals surface area contributed by atoms with Gasteiger partial charge >= 0.3 is 6.09 Å². The molecule has 1 rings (SSSR count). The van der Waals surface area contributed by atoms with Gasteiger partial charge in [0.1, 0.15) is 11.7 Å². The minimum Gasteiger partial charge on any atom is -0.444 e. The van der Waals surface area contributed by atoms with E-state index in [1.165, 1.54) is 0 Å². The fourth-order valence-electron chi connectivity index (χ4n) is 2.09. The molecular formula is C19H27N3O3. The lowest BCUT2D eigenvalue weighted by Crippen LogP contribution is -2.46.